The van der Waals surface area contributed by atoms with Crippen molar-refractivity contribution in [2.45, 2.75) is 13.5 Å². The number of benzene rings is 3. The maximum Gasteiger partial charge on any atom is 0.335 e. The highest BCUT2D eigenvalue weighted by atomic mass is 79.9. The van der Waals surface area contributed by atoms with Crippen molar-refractivity contribution < 1.29 is 19.4 Å². The zero-order valence-corrected chi connectivity index (χ0v) is 17.6. The molecule has 0 bridgehead atoms. The van der Waals surface area contributed by atoms with E-state index in [0.29, 0.717) is 11.5 Å². The molecule has 0 amide bonds. The van der Waals surface area contributed by atoms with E-state index >= 15 is 0 Å². The third-order valence-electron chi connectivity index (χ3n) is 4.26. The molecule has 6 heteroatoms. The Morgan fingerprint density at radius 1 is 1.10 bits per heavy atom. The summed E-state index contributed by atoms with van der Waals surface area (Å²) < 4.78 is 12.3. The molecule has 0 aromatic heterocycles. The summed E-state index contributed by atoms with van der Waals surface area (Å²) in [4.78, 5) is 15.6. The fraction of sp³-hybridized carbons (Fsp3) is 0.130. The van der Waals surface area contributed by atoms with Gasteiger partial charge in [-0.3, -0.25) is 4.99 Å². The van der Waals surface area contributed by atoms with Crippen LogP contribution in [0.2, 0.25) is 0 Å². The lowest BCUT2D eigenvalue weighted by molar-refractivity contribution is 0.0696. The molecule has 5 nitrogen and oxygen atoms in total. The van der Waals surface area contributed by atoms with Crippen LogP contribution in [0, 0.1) is 6.92 Å². The van der Waals surface area contributed by atoms with Gasteiger partial charge in [0.05, 0.1) is 18.4 Å². The van der Waals surface area contributed by atoms with E-state index < -0.39 is 5.97 Å². The first kappa shape index (κ1) is 20.6. The fourth-order valence-corrected chi connectivity index (χ4v) is 2.94. The highest BCUT2D eigenvalue weighted by Gasteiger charge is 2.08. The maximum absolute atomic E-state index is 11.1. The van der Waals surface area contributed by atoms with E-state index in [2.05, 4.69) is 20.9 Å². The Bertz CT molecular complexity index is 1060. The highest BCUT2D eigenvalue weighted by molar-refractivity contribution is 9.10. The Labute approximate surface area is 177 Å². The number of ether oxygens (including phenoxy) is 2. The molecule has 0 fully saturated rings. The molecule has 0 spiro atoms. The molecule has 0 aliphatic rings. The number of aromatic carboxylic acids is 1. The van der Waals surface area contributed by atoms with Gasteiger partial charge in [-0.15, -0.1) is 0 Å². The first-order chi connectivity index (χ1) is 14.0. The number of hydrogen-bond acceptors (Lipinski definition) is 4. The Hall–Kier alpha value is -3.12. The molecular formula is C23H20BrNO4. The van der Waals surface area contributed by atoms with Crippen LogP contribution >= 0.6 is 15.9 Å². The molecular weight excluding hydrogens is 434 g/mol. The summed E-state index contributed by atoms with van der Waals surface area (Å²) in [7, 11) is 1.58. The Morgan fingerprint density at radius 2 is 1.93 bits per heavy atom. The van der Waals surface area contributed by atoms with Crippen LogP contribution in [0.15, 0.2) is 70.1 Å². The van der Waals surface area contributed by atoms with Crippen molar-refractivity contribution >= 4 is 33.8 Å². The first-order valence-corrected chi connectivity index (χ1v) is 9.69. The van der Waals surface area contributed by atoms with Crippen molar-refractivity contribution in [1.82, 2.24) is 0 Å². The molecule has 3 aromatic carbocycles. The van der Waals surface area contributed by atoms with Crippen LogP contribution < -0.4 is 9.47 Å². The first-order valence-electron chi connectivity index (χ1n) is 8.89. The number of aliphatic imine (C=N–C) groups is 1. The van der Waals surface area contributed by atoms with Crippen LogP contribution in [0.25, 0.3) is 0 Å². The minimum absolute atomic E-state index is 0.229. The summed E-state index contributed by atoms with van der Waals surface area (Å²) in [5.74, 6) is 0.189. The molecule has 0 saturated carbocycles. The molecule has 148 valence electrons. The molecule has 0 heterocycles. The molecule has 0 radical (unpaired) electrons. The quantitative estimate of drug-likeness (QED) is 0.459. The number of carboxylic acids is 1. The summed E-state index contributed by atoms with van der Waals surface area (Å²) in [6.45, 7) is 2.26. The van der Waals surface area contributed by atoms with Crippen molar-refractivity contribution in [3.8, 4) is 11.5 Å². The van der Waals surface area contributed by atoms with Gasteiger partial charge in [0.1, 0.15) is 6.61 Å². The van der Waals surface area contributed by atoms with Gasteiger partial charge in [-0.2, -0.15) is 0 Å². The SMILES string of the molecule is COc1cc(C=Nc2ccc(Br)c(C)c2)ccc1OCc1cccc(C(=O)O)c1. The molecule has 29 heavy (non-hydrogen) atoms. The minimum atomic E-state index is -0.964. The lowest BCUT2D eigenvalue weighted by Crippen LogP contribution is -2.01. The van der Waals surface area contributed by atoms with Crippen LogP contribution in [0.5, 0.6) is 11.5 Å². The Kier molecular flexibility index (Phi) is 6.67. The molecule has 0 aliphatic heterocycles. The zero-order chi connectivity index (χ0) is 20.8. The average molecular weight is 454 g/mol. The number of aryl methyl sites for hydroxylation is 1. The average Bonchev–Trinajstić information content (AvgIpc) is 2.73. The molecule has 1 N–H and O–H groups in total. The summed E-state index contributed by atoms with van der Waals surface area (Å²) >= 11 is 3.48. The molecule has 3 rings (SSSR count). The van der Waals surface area contributed by atoms with E-state index in [4.69, 9.17) is 14.6 Å². The number of nitrogens with zero attached hydrogens (tertiary/aromatic N) is 1. The van der Waals surface area contributed by atoms with Crippen molar-refractivity contribution in [2.24, 2.45) is 4.99 Å². The van der Waals surface area contributed by atoms with Crippen LogP contribution in [0.1, 0.15) is 27.0 Å². The predicted molar refractivity (Wildman–Crippen MR) is 117 cm³/mol. The summed E-state index contributed by atoms with van der Waals surface area (Å²) in [5.41, 5.74) is 3.86. The lowest BCUT2D eigenvalue weighted by Gasteiger charge is -2.11. The highest BCUT2D eigenvalue weighted by Crippen LogP contribution is 2.29. The lowest BCUT2D eigenvalue weighted by atomic mass is 10.1. The van der Waals surface area contributed by atoms with E-state index in [1.165, 1.54) is 0 Å². The molecule has 0 unspecified atom stereocenters. The van der Waals surface area contributed by atoms with Crippen molar-refractivity contribution in [3.63, 3.8) is 0 Å². The second-order valence-corrected chi connectivity index (χ2v) is 7.25. The van der Waals surface area contributed by atoms with Crippen molar-refractivity contribution in [2.75, 3.05) is 7.11 Å². The van der Waals surface area contributed by atoms with Gasteiger partial charge in [0.25, 0.3) is 0 Å². The van der Waals surface area contributed by atoms with Gasteiger partial charge >= 0.3 is 5.97 Å². The third kappa shape index (κ3) is 5.45. The molecule has 0 atom stereocenters. The van der Waals surface area contributed by atoms with E-state index in [1.807, 2.05) is 49.4 Å². The topological polar surface area (TPSA) is 68.1 Å². The smallest absolute Gasteiger partial charge is 0.335 e. The van der Waals surface area contributed by atoms with Crippen molar-refractivity contribution in [1.29, 1.82) is 0 Å². The second kappa shape index (κ2) is 9.39. The van der Waals surface area contributed by atoms with Gasteiger partial charge in [-0.05, 0) is 72.1 Å². The second-order valence-electron chi connectivity index (χ2n) is 6.40. The van der Waals surface area contributed by atoms with Gasteiger partial charge in [0, 0.05) is 10.7 Å². The minimum Gasteiger partial charge on any atom is -0.493 e. The summed E-state index contributed by atoms with van der Waals surface area (Å²) in [6.07, 6.45) is 1.77. The number of carboxylic acid groups (broad SMARTS) is 1. The molecule has 0 saturated heterocycles. The third-order valence-corrected chi connectivity index (χ3v) is 5.15. The number of hydrogen-bond donors (Lipinski definition) is 1. The fourth-order valence-electron chi connectivity index (χ4n) is 2.70. The van der Waals surface area contributed by atoms with Gasteiger partial charge in [0.2, 0.25) is 0 Å². The van der Waals surface area contributed by atoms with Crippen LogP contribution in [-0.4, -0.2) is 24.4 Å². The largest absolute Gasteiger partial charge is 0.493 e. The number of rotatable bonds is 7. The summed E-state index contributed by atoms with van der Waals surface area (Å²) in [5, 5.41) is 9.09. The number of carbonyl (C=O) groups is 1. The Balaban J connectivity index is 1.73. The monoisotopic (exact) mass is 453 g/mol. The normalized spacial score (nSPS) is 10.9. The zero-order valence-electron chi connectivity index (χ0n) is 16.1. The van der Waals surface area contributed by atoms with E-state index in [9.17, 15) is 4.79 Å². The van der Waals surface area contributed by atoms with E-state index in [-0.39, 0.29) is 12.2 Å². The van der Waals surface area contributed by atoms with Gasteiger partial charge in [0.15, 0.2) is 11.5 Å². The standard InChI is InChI=1S/C23H20BrNO4/c1-15-10-19(7-8-20(15)24)25-13-16-6-9-21(22(12-16)28-2)29-14-17-4-3-5-18(11-17)23(26)27/h3-13H,14H2,1-2H3,(H,26,27). The van der Waals surface area contributed by atoms with Crippen LogP contribution in [-0.2, 0) is 6.61 Å². The van der Waals surface area contributed by atoms with Crippen molar-refractivity contribution in [3.05, 3.63) is 87.4 Å². The van der Waals surface area contributed by atoms with Crippen LogP contribution in [0.3, 0.4) is 0 Å². The number of methoxy groups -OCH3 is 1. The summed E-state index contributed by atoms with van der Waals surface area (Å²) in [6, 6.07) is 18.1. The van der Waals surface area contributed by atoms with Gasteiger partial charge in [-0.25, -0.2) is 4.79 Å². The van der Waals surface area contributed by atoms with Crippen LogP contribution in [0.4, 0.5) is 5.69 Å². The van der Waals surface area contributed by atoms with E-state index in [0.717, 1.165) is 26.9 Å². The molecule has 3 aromatic rings. The Morgan fingerprint density at radius 3 is 2.66 bits per heavy atom. The maximum atomic E-state index is 11.1. The predicted octanol–water partition coefficient (Wildman–Crippen LogP) is 5.79. The van der Waals surface area contributed by atoms with Gasteiger partial charge in [-0.1, -0.05) is 28.1 Å². The van der Waals surface area contributed by atoms with E-state index in [1.54, 1.807) is 31.5 Å². The number of halogens is 1. The molecule has 0 aliphatic carbocycles. The van der Waals surface area contributed by atoms with Gasteiger partial charge < -0.3 is 14.6 Å².